The van der Waals surface area contributed by atoms with Crippen molar-refractivity contribution in [3.63, 3.8) is 0 Å². The molecule has 124 valence electrons. The molecule has 0 saturated heterocycles. The Bertz CT molecular complexity index is 799. The van der Waals surface area contributed by atoms with E-state index in [-0.39, 0.29) is 19.2 Å². The molecule has 0 fully saturated rings. The van der Waals surface area contributed by atoms with E-state index in [1.165, 1.54) is 0 Å². The van der Waals surface area contributed by atoms with E-state index >= 15 is 0 Å². The van der Waals surface area contributed by atoms with Crippen molar-refractivity contribution in [3.05, 3.63) is 58.1 Å². The topological polar surface area (TPSA) is 61.8 Å². The molecular formula is C19H18O5. The van der Waals surface area contributed by atoms with Gasteiger partial charge in [0.15, 0.2) is 23.9 Å². The van der Waals surface area contributed by atoms with Gasteiger partial charge in [-0.3, -0.25) is 4.79 Å². The Morgan fingerprint density at radius 3 is 2.38 bits per heavy atom. The number of hydrogen-bond donors (Lipinski definition) is 0. The fourth-order valence-electron chi connectivity index (χ4n) is 2.86. The lowest BCUT2D eigenvalue weighted by Crippen LogP contribution is -2.16. The zero-order valence-corrected chi connectivity index (χ0v) is 13.8. The molecule has 1 heterocycles. The second-order valence-electron chi connectivity index (χ2n) is 5.84. The summed E-state index contributed by atoms with van der Waals surface area (Å²) in [7, 11) is 0. The molecule has 0 spiro atoms. The Labute approximate surface area is 140 Å². The van der Waals surface area contributed by atoms with Gasteiger partial charge in [-0.2, -0.15) is 0 Å². The summed E-state index contributed by atoms with van der Waals surface area (Å²) in [5.74, 6) is 0.356. The van der Waals surface area contributed by atoms with Crippen LogP contribution in [0.3, 0.4) is 0 Å². The van der Waals surface area contributed by atoms with Crippen molar-refractivity contribution >= 4 is 11.8 Å². The maximum absolute atomic E-state index is 12.3. The number of benzene rings is 2. The number of carbonyl (C=O) groups excluding carboxylic acids is 2. The Morgan fingerprint density at radius 1 is 1.00 bits per heavy atom. The minimum absolute atomic E-state index is 0.147. The number of fused-ring (bicyclic) bond motifs is 1. The molecule has 2 aromatic carbocycles. The van der Waals surface area contributed by atoms with Crippen molar-refractivity contribution in [2.24, 2.45) is 0 Å². The molecule has 0 aliphatic carbocycles. The predicted octanol–water partition coefficient (Wildman–Crippen LogP) is 3.38. The summed E-state index contributed by atoms with van der Waals surface area (Å²) in [6, 6.07) is 8.74. The fourth-order valence-corrected chi connectivity index (χ4v) is 2.86. The van der Waals surface area contributed by atoms with Crippen LogP contribution in [0.25, 0.3) is 0 Å². The van der Waals surface area contributed by atoms with Gasteiger partial charge in [-0.25, -0.2) is 4.79 Å². The number of ketones is 1. The number of aryl methyl sites for hydroxylation is 3. The minimum atomic E-state index is -0.487. The van der Waals surface area contributed by atoms with Crippen LogP contribution in [0, 0.1) is 20.8 Å². The van der Waals surface area contributed by atoms with E-state index in [9.17, 15) is 9.59 Å². The van der Waals surface area contributed by atoms with E-state index in [1.54, 1.807) is 18.2 Å². The monoisotopic (exact) mass is 326 g/mol. The van der Waals surface area contributed by atoms with E-state index < -0.39 is 5.97 Å². The highest BCUT2D eigenvalue weighted by Crippen LogP contribution is 2.32. The normalized spacial score (nSPS) is 12.1. The van der Waals surface area contributed by atoms with Gasteiger partial charge in [-0.15, -0.1) is 0 Å². The summed E-state index contributed by atoms with van der Waals surface area (Å²) in [4.78, 5) is 24.5. The standard InChI is InChI=1S/C19H18O5/c1-11-6-12(2)18(13(3)7-11)19(21)22-9-15(20)14-4-5-16-17(8-14)24-10-23-16/h4-8H,9-10H2,1-3H3. The third-order valence-corrected chi connectivity index (χ3v) is 3.91. The van der Waals surface area contributed by atoms with E-state index in [4.69, 9.17) is 14.2 Å². The Kier molecular flexibility index (Phi) is 4.25. The van der Waals surface area contributed by atoms with Crippen molar-refractivity contribution in [1.29, 1.82) is 0 Å². The van der Waals surface area contributed by atoms with Gasteiger partial charge in [-0.05, 0) is 50.1 Å². The number of rotatable bonds is 4. The Balaban J connectivity index is 1.69. The molecule has 5 nitrogen and oxygen atoms in total. The Hall–Kier alpha value is -2.82. The van der Waals surface area contributed by atoms with E-state index in [0.717, 1.165) is 16.7 Å². The average molecular weight is 326 g/mol. The summed E-state index contributed by atoms with van der Waals surface area (Å²) in [6.45, 7) is 5.52. The van der Waals surface area contributed by atoms with Crippen molar-refractivity contribution < 1.29 is 23.8 Å². The van der Waals surface area contributed by atoms with Crippen molar-refractivity contribution in [2.75, 3.05) is 13.4 Å². The first-order valence-corrected chi connectivity index (χ1v) is 7.63. The van der Waals surface area contributed by atoms with E-state index in [1.807, 2.05) is 32.9 Å². The van der Waals surface area contributed by atoms with Gasteiger partial charge in [0.2, 0.25) is 6.79 Å². The van der Waals surface area contributed by atoms with Crippen LogP contribution in [0.5, 0.6) is 11.5 Å². The molecule has 0 amide bonds. The summed E-state index contributed by atoms with van der Waals surface area (Å²) in [5.41, 5.74) is 3.70. The minimum Gasteiger partial charge on any atom is -0.454 e. The molecule has 0 bridgehead atoms. The van der Waals surface area contributed by atoms with Crippen LogP contribution < -0.4 is 9.47 Å². The molecule has 0 unspecified atom stereocenters. The van der Waals surface area contributed by atoms with Gasteiger partial charge in [0.1, 0.15) is 0 Å². The average Bonchev–Trinajstić information content (AvgIpc) is 2.99. The van der Waals surface area contributed by atoms with Crippen LogP contribution in [0.15, 0.2) is 30.3 Å². The van der Waals surface area contributed by atoms with E-state index in [0.29, 0.717) is 22.6 Å². The van der Waals surface area contributed by atoms with Crippen LogP contribution in [0.1, 0.15) is 37.4 Å². The van der Waals surface area contributed by atoms with Gasteiger partial charge < -0.3 is 14.2 Å². The van der Waals surface area contributed by atoms with Gasteiger partial charge in [0, 0.05) is 5.56 Å². The lowest BCUT2D eigenvalue weighted by molar-refractivity contribution is 0.0473. The van der Waals surface area contributed by atoms with Crippen LogP contribution in [-0.4, -0.2) is 25.2 Å². The molecule has 1 aliphatic heterocycles. The molecule has 24 heavy (non-hydrogen) atoms. The Morgan fingerprint density at radius 2 is 1.67 bits per heavy atom. The number of hydrogen-bond acceptors (Lipinski definition) is 5. The number of carbonyl (C=O) groups is 2. The second kappa shape index (κ2) is 6.35. The molecule has 0 N–H and O–H groups in total. The van der Waals surface area contributed by atoms with E-state index in [2.05, 4.69) is 0 Å². The highest BCUT2D eigenvalue weighted by atomic mass is 16.7. The molecular weight excluding hydrogens is 308 g/mol. The highest BCUT2D eigenvalue weighted by Gasteiger charge is 2.19. The predicted molar refractivity (Wildman–Crippen MR) is 87.8 cm³/mol. The zero-order valence-electron chi connectivity index (χ0n) is 13.8. The maximum Gasteiger partial charge on any atom is 0.339 e. The van der Waals surface area contributed by atoms with Crippen molar-refractivity contribution in [2.45, 2.75) is 20.8 Å². The van der Waals surface area contributed by atoms with Gasteiger partial charge in [0.05, 0.1) is 5.56 Å². The second-order valence-corrected chi connectivity index (χ2v) is 5.84. The largest absolute Gasteiger partial charge is 0.454 e. The molecule has 0 saturated carbocycles. The van der Waals surface area contributed by atoms with Crippen molar-refractivity contribution in [1.82, 2.24) is 0 Å². The number of esters is 1. The summed E-state index contributed by atoms with van der Waals surface area (Å²) in [6.07, 6.45) is 0. The quantitative estimate of drug-likeness (QED) is 0.637. The smallest absolute Gasteiger partial charge is 0.339 e. The molecule has 0 radical (unpaired) electrons. The fraction of sp³-hybridized carbons (Fsp3) is 0.263. The van der Waals surface area contributed by atoms with Crippen LogP contribution in [0.2, 0.25) is 0 Å². The van der Waals surface area contributed by atoms with Crippen molar-refractivity contribution in [3.8, 4) is 11.5 Å². The molecule has 5 heteroatoms. The first-order valence-electron chi connectivity index (χ1n) is 7.63. The third kappa shape index (κ3) is 3.11. The van der Waals surface area contributed by atoms with Crippen LogP contribution in [0.4, 0.5) is 0 Å². The summed E-state index contributed by atoms with van der Waals surface area (Å²) in [5, 5.41) is 0. The third-order valence-electron chi connectivity index (χ3n) is 3.91. The molecule has 2 aromatic rings. The van der Waals surface area contributed by atoms with Gasteiger partial charge in [0.25, 0.3) is 0 Å². The number of Topliss-reactive ketones (excluding diaryl/α,β-unsaturated/α-hetero) is 1. The summed E-state index contributed by atoms with van der Waals surface area (Å²) >= 11 is 0. The van der Waals surface area contributed by atoms with Crippen LogP contribution in [-0.2, 0) is 4.74 Å². The van der Waals surface area contributed by atoms with Gasteiger partial charge >= 0.3 is 5.97 Å². The summed E-state index contributed by atoms with van der Waals surface area (Å²) < 4.78 is 15.7. The first kappa shape index (κ1) is 16.1. The lowest BCUT2D eigenvalue weighted by Gasteiger charge is -2.11. The lowest BCUT2D eigenvalue weighted by atomic mass is 10.00. The molecule has 0 aromatic heterocycles. The van der Waals surface area contributed by atoms with Gasteiger partial charge in [-0.1, -0.05) is 17.7 Å². The SMILES string of the molecule is Cc1cc(C)c(C(=O)OCC(=O)c2ccc3c(c2)OCO3)c(C)c1. The molecule has 0 atom stereocenters. The zero-order chi connectivity index (χ0) is 17.3. The molecule has 1 aliphatic rings. The maximum atomic E-state index is 12.3. The number of ether oxygens (including phenoxy) is 3. The highest BCUT2D eigenvalue weighted by molar-refractivity contribution is 6.00. The molecule has 3 rings (SSSR count). The first-order chi connectivity index (χ1) is 11.5. The van der Waals surface area contributed by atoms with Crippen LogP contribution >= 0.6 is 0 Å².